The van der Waals surface area contributed by atoms with Crippen molar-refractivity contribution in [2.24, 2.45) is 0 Å². The topological polar surface area (TPSA) is 50.7 Å². The highest BCUT2D eigenvalue weighted by atomic mass is 19.4. The summed E-state index contributed by atoms with van der Waals surface area (Å²) in [4.78, 5) is 0. The summed E-state index contributed by atoms with van der Waals surface area (Å²) in [5, 5.41) is 11.8. The molecule has 1 aliphatic heterocycles. The normalized spacial score (nSPS) is 16.7. The summed E-state index contributed by atoms with van der Waals surface area (Å²) in [6.07, 6.45) is -7.02. The first-order valence-corrected chi connectivity index (χ1v) is 6.60. The van der Waals surface area contributed by atoms with Crippen LogP contribution in [0.3, 0.4) is 0 Å². The smallest absolute Gasteiger partial charge is 0.415 e. The van der Waals surface area contributed by atoms with Crippen LogP contribution in [0.2, 0.25) is 0 Å². The van der Waals surface area contributed by atoms with E-state index in [1.807, 2.05) is 0 Å². The predicted octanol–water partition coefficient (Wildman–Crippen LogP) is 2.21. The number of alkyl halides is 3. The molecule has 0 aliphatic carbocycles. The lowest BCUT2D eigenvalue weighted by atomic mass is 9.93. The van der Waals surface area contributed by atoms with Gasteiger partial charge in [-0.3, -0.25) is 0 Å². The Morgan fingerprint density at radius 1 is 1.19 bits per heavy atom. The Morgan fingerprint density at radius 2 is 1.81 bits per heavy atom. The van der Waals surface area contributed by atoms with Gasteiger partial charge in [0.1, 0.15) is 13.2 Å². The van der Waals surface area contributed by atoms with Gasteiger partial charge in [-0.2, -0.15) is 13.2 Å². The molecule has 118 valence electrons. The minimum Gasteiger partial charge on any atom is -0.486 e. The highest BCUT2D eigenvalue weighted by molar-refractivity contribution is 5.45. The van der Waals surface area contributed by atoms with Crippen LogP contribution < -0.4 is 14.8 Å². The number of rotatable bonds is 4. The Hall–Kier alpha value is -1.47. The quantitative estimate of drug-likeness (QED) is 0.895. The Balaban J connectivity index is 2.08. The zero-order chi connectivity index (χ0) is 15.7. The third kappa shape index (κ3) is 3.79. The number of hydrogen-bond donors (Lipinski definition) is 2. The van der Waals surface area contributed by atoms with Crippen LogP contribution in [0.15, 0.2) is 18.2 Å². The van der Waals surface area contributed by atoms with Crippen molar-refractivity contribution in [2.75, 3.05) is 19.8 Å². The van der Waals surface area contributed by atoms with Crippen LogP contribution in [-0.2, 0) is 5.54 Å². The SMILES string of the molecule is CC(C)(NC[C@H](O)C(F)(F)F)c1ccc2c(c1)OCCO2. The molecule has 0 amide bonds. The first-order chi connectivity index (χ1) is 9.70. The zero-order valence-corrected chi connectivity index (χ0v) is 11.8. The number of nitrogens with one attached hydrogen (secondary N) is 1. The molecule has 1 heterocycles. The summed E-state index contributed by atoms with van der Waals surface area (Å²) >= 11 is 0. The number of ether oxygens (including phenoxy) is 2. The fraction of sp³-hybridized carbons (Fsp3) is 0.571. The van der Waals surface area contributed by atoms with Crippen LogP contribution in [0, 0.1) is 0 Å². The van der Waals surface area contributed by atoms with E-state index in [-0.39, 0.29) is 0 Å². The van der Waals surface area contributed by atoms with E-state index in [4.69, 9.17) is 14.6 Å². The van der Waals surface area contributed by atoms with Gasteiger partial charge in [-0.1, -0.05) is 6.07 Å². The molecule has 1 aliphatic rings. The van der Waals surface area contributed by atoms with Gasteiger partial charge >= 0.3 is 6.18 Å². The largest absolute Gasteiger partial charge is 0.486 e. The molecule has 2 rings (SSSR count). The first-order valence-electron chi connectivity index (χ1n) is 6.60. The number of hydrogen-bond acceptors (Lipinski definition) is 4. The maximum atomic E-state index is 12.3. The first kappa shape index (κ1) is 15.9. The summed E-state index contributed by atoms with van der Waals surface area (Å²) in [7, 11) is 0. The molecule has 0 radical (unpaired) electrons. The van der Waals surface area contributed by atoms with E-state index in [9.17, 15) is 13.2 Å². The molecular formula is C14H18F3NO3. The van der Waals surface area contributed by atoms with Gasteiger partial charge in [0.05, 0.1) is 0 Å². The Bertz CT molecular complexity index is 503. The molecule has 4 nitrogen and oxygen atoms in total. The maximum Gasteiger partial charge on any atom is 0.415 e. The van der Waals surface area contributed by atoms with Crippen molar-refractivity contribution in [3.8, 4) is 11.5 Å². The van der Waals surface area contributed by atoms with Gasteiger partial charge in [0.25, 0.3) is 0 Å². The molecule has 0 saturated heterocycles. The van der Waals surface area contributed by atoms with Crippen molar-refractivity contribution < 1.29 is 27.8 Å². The summed E-state index contributed by atoms with van der Waals surface area (Å²) in [6, 6.07) is 5.23. The monoisotopic (exact) mass is 305 g/mol. The molecule has 2 N–H and O–H groups in total. The van der Waals surface area contributed by atoms with Crippen LogP contribution in [0.25, 0.3) is 0 Å². The summed E-state index contributed by atoms with van der Waals surface area (Å²) in [5.41, 5.74) is 0.00309. The number of aliphatic hydroxyl groups is 1. The standard InChI is InChI=1S/C14H18F3NO3/c1-13(2,18-8-12(19)14(15,16)17)9-3-4-10-11(7-9)21-6-5-20-10/h3-4,7,12,18-19H,5-6,8H2,1-2H3/t12-/m0/s1. The molecule has 0 saturated carbocycles. The van der Waals surface area contributed by atoms with Crippen LogP contribution in [0.4, 0.5) is 13.2 Å². The fourth-order valence-corrected chi connectivity index (χ4v) is 2.00. The van der Waals surface area contributed by atoms with E-state index in [1.54, 1.807) is 32.0 Å². The molecule has 7 heteroatoms. The Kier molecular flexibility index (Phi) is 4.34. The third-order valence-corrected chi connectivity index (χ3v) is 3.38. The molecule has 0 unspecified atom stereocenters. The average molecular weight is 305 g/mol. The molecular weight excluding hydrogens is 287 g/mol. The Morgan fingerprint density at radius 3 is 2.43 bits per heavy atom. The van der Waals surface area contributed by atoms with Crippen molar-refractivity contribution in [1.29, 1.82) is 0 Å². The Labute approximate surface area is 120 Å². The van der Waals surface area contributed by atoms with Crippen LogP contribution in [0.5, 0.6) is 11.5 Å². The third-order valence-electron chi connectivity index (χ3n) is 3.38. The minimum absolute atomic E-state index is 0.442. The van der Waals surface area contributed by atoms with Gasteiger partial charge in [-0.25, -0.2) is 0 Å². The van der Waals surface area contributed by atoms with Crippen LogP contribution >= 0.6 is 0 Å². The fourth-order valence-electron chi connectivity index (χ4n) is 2.00. The highest BCUT2D eigenvalue weighted by Gasteiger charge is 2.39. The van der Waals surface area contributed by atoms with E-state index >= 15 is 0 Å². The molecule has 1 aromatic rings. The summed E-state index contributed by atoms with van der Waals surface area (Å²) in [5.74, 6) is 1.20. The van der Waals surface area contributed by atoms with E-state index in [2.05, 4.69) is 5.32 Å². The van der Waals surface area contributed by atoms with Gasteiger partial charge in [0, 0.05) is 12.1 Å². The predicted molar refractivity (Wildman–Crippen MR) is 70.5 cm³/mol. The molecule has 1 aromatic carbocycles. The van der Waals surface area contributed by atoms with Crippen molar-refractivity contribution in [3.63, 3.8) is 0 Å². The van der Waals surface area contributed by atoms with Gasteiger partial charge in [-0.05, 0) is 31.5 Å². The van der Waals surface area contributed by atoms with Crippen LogP contribution in [-0.4, -0.2) is 37.1 Å². The lowest BCUT2D eigenvalue weighted by molar-refractivity contribution is -0.202. The second-order valence-corrected chi connectivity index (χ2v) is 5.42. The lowest BCUT2D eigenvalue weighted by Crippen LogP contribution is -2.45. The maximum absolute atomic E-state index is 12.3. The summed E-state index contributed by atoms with van der Waals surface area (Å²) in [6.45, 7) is 3.82. The molecule has 0 fully saturated rings. The lowest BCUT2D eigenvalue weighted by Gasteiger charge is -2.30. The second kappa shape index (κ2) is 5.73. The van der Waals surface area contributed by atoms with E-state index in [0.717, 1.165) is 5.56 Å². The average Bonchev–Trinajstić information content (AvgIpc) is 2.43. The number of fused-ring (bicyclic) bond motifs is 1. The molecule has 0 spiro atoms. The van der Waals surface area contributed by atoms with Crippen molar-refractivity contribution in [3.05, 3.63) is 23.8 Å². The van der Waals surface area contributed by atoms with Crippen molar-refractivity contribution in [1.82, 2.24) is 5.32 Å². The summed E-state index contributed by atoms with van der Waals surface area (Å²) < 4.78 is 47.8. The van der Waals surface area contributed by atoms with Gasteiger partial charge < -0.3 is 19.9 Å². The molecule has 0 aromatic heterocycles. The van der Waals surface area contributed by atoms with Gasteiger partial charge in [-0.15, -0.1) is 0 Å². The van der Waals surface area contributed by atoms with E-state index < -0.39 is 24.4 Å². The minimum atomic E-state index is -4.63. The van der Waals surface area contributed by atoms with E-state index in [0.29, 0.717) is 24.7 Å². The molecule has 21 heavy (non-hydrogen) atoms. The zero-order valence-electron chi connectivity index (χ0n) is 11.8. The van der Waals surface area contributed by atoms with Gasteiger partial charge in [0.2, 0.25) is 0 Å². The highest BCUT2D eigenvalue weighted by Crippen LogP contribution is 2.34. The number of aliphatic hydroxyl groups excluding tert-OH is 1. The van der Waals surface area contributed by atoms with Gasteiger partial charge in [0.15, 0.2) is 17.6 Å². The second-order valence-electron chi connectivity index (χ2n) is 5.42. The number of halogens is 3. The number of benzene rings is 1. The van der Waals surface area contributed by atoms with E-state index in [1.165, 1.54) is 0 Å². The molecule has 0 bridgehead atoms. The van der Waals surface area contributed by atoms with Crippen molar-refractivity contribution in [2.45, 2.75) is 31.7 Å². The van der Waals surface area contributed by atoms with Crippen LogP contribution in [0.1, 0.15) is 19.4 Å². The van der Waals surface area contributed by atoms with Crippen molar-refractivity contribution >= 4 is 0 Å². The molecule has 1 atom stereocenters.